The summed E-state index contributed by atoms with van der Waals surface area (Å²) < 4.78 is 5.23. The second-order valence-corrected chi connectivity index (χ2v) is 4.79. The summed E-state index contributed by atoms with van der Waals surface area (Å²) in [6, 6.07) is 15.7. The Bertz CT molecular complexity index is 537. The van der Waals surface area contributed by atoms with Crippen LogP contribution in [-0.4, -0.2) is 12.2 Å². The van der Waals surface area contributed by atoms with Gasteiger partial charge in [0.2, 0.25) is 0 Å². The Morgan fingerprint density at radius 1 is 1.10 bits per heavy atom. The highest BCUT2D eigenvalue weighted by atomic mass is 16.5. The van der Waals surface area contributed by atoms with E-state index >= 15 is 0 Å². The zero-order chi connectivity index (χ0) is 14.4. The molecule has 1 unspecified atom stereocenters. The second-order valence-electron chi connectivity index (χ2n) is 4.79. The fourth-order valence-corrected chi connectivity index (χ4v) is 2.26. The van der Waals surface area contributed by atoms with Gasteiger partial charge in [0.05, 0.1) is 12.6 Å². The molecule has 0 aliphatic rings. The van der Waals surface area contributed by atoms with Crippen LogP contribution in [-0.2, 0) is 11.3 Å². The maximum absolute atomic E-state index is 9.38. The van der Waals surface area contributed by atoms with E-state index in [1.165, 1.54) is 0 Å². The summed E-state index contributed by atoms with van der Waals surface area (Å²) in [5.74, 6) is 0.295. The zero-order valence-corrected chi connectivity index (χ0v) is 12.0. The van der Waals surface area contributed by atoms with Gasteiger partial charge in [-0.15, -0.1) is 0 Å². The van der Waals surface area contributed by atoms with E-state index in [1.54, 1.807) is 19.2 Å². The third-order valence-corrected chi connectivity index (χ3v) is 3.35. The molecule has 0 radical (unpaired) electrons. The van der Waals surface area contributed by atoms with E-state index in [0.29, 0.717) is 12.4 Å². The van der Waals surface area contributed by atoms with Crippen molar-refractivity contribution in [3.63, 3.8) is 0 Å². The van der Waals surface area contributed by atoms with E-state index in [4.69, 9.17) is 4.74 Å². The maximum Gasteiger partial charge on any atom is 0.115 e. The van der Waals surface area contributed by atoms with Gasteiger partial charge < -0.3 is 15.2 Å². The van der Waals surface area contributed by atoms with Gasteiger partial charge in [-0.25, -0.2) is 0 Å². The SMILES string of the molecule is CCC(Nc1ccccc1COC)c1ccc(O)cc1. The Balaban J connectivity index is 2.20. The summed E-state index contributed by atoms with van der Waals surface area (Å²) in [6.07, 6.45) is 0.964. The first kappa shape index (κ1) is 14.4. The molecule has 0 bridgehead atoms. The zero-order valence-electron chi connectivity index (χ0n) is 12.0. The molecule has 0 fully saturated rings. The van der Waals surface area contributed by atoms with E-state index in [0.717, 1.165) is 23.2 Å². The molecular weight excluding hydrogens is 250 g/mol. The highest BCUT2D eigenvalue weighted by Gasteiger charge is 2.11. The number of para-hydroxylation sites is 1. The Morgan fingerprint density at radius 2 is 1.80 bits per heavy atom. The number of phenolic OH excluding ortho intramolecular Hbond substituents is 1. The van der Waals surface area contributed by atoms with Gasteiger partial charge in [0, 0.05) is 18.4 Å². The summed E-state index contributed by atoms with van der Waals surface area (Å²) in [5.41, 5.74) is 3.40. The summed E-state index contributed by atoms with van der Waals surface area (Å²) in [5, 5.41) is 12.9. The number of rotatable bonds is 6. The molecule has 0 spiro atoms. The van der Waals surface area contributed by atoms with Gasteiger partial charge in [-0.1, -0.05) is 37.3 Å². The minimum atomic E-state index is 0.216. The van der Waals surface area contributed by atoms with Crippen LogP contribution in [0.3, 0.4) is 0 Å². The van der Waals surface area contributed by atoms with Gasteiger partial charge in [0.1, 0.15) is 5.75 Å². The van der Waals surface area contributed by atoms with E-state index in [1.807, 2.05) is 24.3 Å². The van der Waals surface area contributed by atoms with Crippen LogP contribution in [0.4, 0.5) is 5.69 Å². The molecular formula is C17H21NO2. The van der Waals surface area contributed by atoms with Crippen LogP contribution in [0.1, 0.15) is 30.5 Å². The monoisotopic (exact) mass is 271 g/mol. The molecule has 0 aromatic heterocycles. The van der Waals surface area contributed by atoms with Crippen molar-refractivity contribution in [3.8, 4) is 5.75 Å². The lowest BCUT2D eigenvalue weighted by atomic mass is 10.0. The van der Waals surface area contributed by atoms with Crippen LogP contribution in [0.5, 0.6) is 5.75 Å². The van der Waals surface area contributed by atoms with Crippen LogP contribution in [0, 0.1) is 0 Å². The molecule has 0 amide bonds. The lowest BCUT2D eigenvalue weighted by Crippen LogP contribution is -2.11. The fourth-order valence-electron chi connectivity index (χ4n) is 2.26. The molecule has 0 heterocycles. The smallest absolute Gasteiger partial charge is 0.115 e. The van der Waals surface area contributed by atoms with E-state index in [2.05, 4.69) is 24.4 Å². The minimum absolute atomic E-state index is 0.216. The van der Waals surface area contributed by atoms with Crippen LogP contribution in [0.25, 0.3) is 0 Å². The third-order valence-electron chi connectivity index (χ3n) is 3.35. The van der Waals surface area contributed by atoms with E-state index in [9.17, 15) is 5.11 Å². The number of nitrogens with one attached hydrogen (secondary N) is 1. The molecule has 2 aromatic carbocycles. The van der Waals surface area contributed by atoms with Crippen LogP contribution < -0.4 is 5.32 Å². The average molecular weight is 271 g/mol. The Morgan fingerprint density at radius 3 is 2.45 bits per heavy atom. The van der Waals surface area contributed by atoms with E-state index < -0.39 is 0 Å². The van der Waals surface area contributed by atoms with Crippen molar-refractivity contribution in [2.75, 3.05) is 12.4 Å². The number of hydrogen-bond acceptors (Lipinski definition) is 3. The van der Waals surface area contributed by atoms with Crippen molar-refractivity contribution in [3.05, 3.63) is 59.7 Å². The van der Waals surface area contributed by atoms with Crippen LogP contribution in [0.2, 0.25) is 0 Å². The third kappa shape index (κ3) is 3.52. The van der Waals surface area contributed by atoms with Crippen molar-refractivity contribution < 1.29 is 9.84 Å². The summed E-state index contributed by atoms with van der Waals surface area (Å²) in [4.78, 5) is 0. The molecule has 2 N–H and O–H groups in total. The van der Waals surface area contributed by atoms with Crippen molar-refractivity contribution in [1.82, 2.24) is 0 Å². The van der Waals surface area contributed by atoms with Crippen LogP contribution in [0.15, 0.2) is 48.5 Å². The Labute approximate surface area is 120 Å². The number of benzene rings is 2. The number of hydrogen-bond donors (Lipinski definition) is 2. The molecule has 2 aromatic rings. The molecule has 1 atom stereocenters. The van der Waals surface area contributed by atoms with Gasteiger partial charge in [-0.2, -0.15) is 0 Å². The molecule has 0 saturated carbocycles. The Kier molecular flexibility index (Phi) is 5.02. The van der Waals surface area contributed by atoms with Crippen LogP contribution >= 0.6 is 0 Å². The molecule has 0 aliphatic carbocycles. The van der Waals surface area contributed by atoms with Crippen molar-refractivity contribution in [1.29, 1.82) is 0 Å². The lowest BCUT2D eigenvalue weighted by Gasteiger charge is -2.21. The normalized spacial score (nSPS) is 12.1. The molecule has 0 aliphatic heterocycles. The van der Waals surface area contributed by atoms with Gasteiger partial charge in [-0.3, -0.25) is 0 Å². The topological polar surface area (TPSA) is 41.5 Å². The van der Waals surface area contributed by atoms with Crippen molar-refractivity contribution >= 4 is 5.69 Å². The second kappa shape index (κ2) is 6.96. The minimum Gasteiger partial charge on any atom is -0.508 e. The first-order valence-electron chi connectivity index (χ1n) is 6.87. The first-order chi connectivity index (χ1) is 9.74. The molecule has 106 valence electrons. The highest BCUT2D eigenvalue weighted by Crippen LogP contribution is 2.26. The standard InChI is InChI=1S/C17H21NO2/c1-3-16(13-8-10-15(19)11-9-13)18-17-7-5-4-6-14(17)12-20-2/h4-11,16,18-19H,3,12H2,1-2H3. The average Bonchev–Trinajstić information content (AvgIpc) is 2.48. The van der Waals surface area contributed by atoms with Crippen molar-refractivity contribution in [2.45, 2.75) is 26.0 Å². The number of ether oxygens (including phenoxy) is 1. The summed E-state index contributed by atoms with van der Waals surface area (Å²) in [7, 11) is 1.70. The molecule has 20 heavy (non-hydrogen) atoms. The predicted octanol–water partition coefficient (Wildman–Crippen LogP) is 4.10. The van der Waals surface area contributed by atoms with Gasteiger partial charge in [-0.05, 0) is 30.2 Å². The Hall–Kier alpha value is -2.00. The number of anilines is 1. The largest absolute Gasteiger partial charge is 0.508 e. The first-order valence-corrected chi connectivity index (χ1v) is 6.87. The van der Waals surface area contributed by atoms with E-state index in [-0.39, 0.29) is 6.04 Å². The molecule has 3 heteroatoms. The predicted molar refractivity (Wildman–Crippen MR) is 81.9 cm³/mol. The number of aromatic hydroxyl groups is 1. The fraction of sp³-hybridized carbons (Fsp3) is 0.294. The highest BCUT2D eigenvalue weighted by molar-refractivity contribution is 5.52. The van der Waals surface area contributed by atoms with Crippen molar-refractivity contribution in [2.24, 2.45) is 0 Å². The number of methoxy groups -OCH3 is 1. The summed E-state index contributed by atoms with van der Waals surface area (Å²) in [6.45, 7) is 2.73. The van der Waals surface area contributed by atoms with Gasteiger partial charge >= 0.3 is 0 Å². The van der Waals surface area contributed by atoms with Gasteiger partial charge in [0.15, 0.2) is 0 Å². The van der Waals surface area contributed by atoms with Gasteiger partial charge in [0.25, 0.3) is 0 Å². The molecule has 0 saturated heterocycles. The quantitative estimate of drug-likeness (QED) is 0.831. The maximum atomic E-state index is 9.38. The lowest BCUT2D eigenvalue weighted by molar-refractivity contribution is 0.185. The number of phenols is 1. The molecule has 2 rings (SSSR count). The molecule has 3 nitrogen and oxygen atoms in total. The summed E-state index contributed by atoms with van der Waals surface area (Å²) >= 11 is 0.